The number of unbranched alkanes of at least 4 members (excludes halogenated alkanes) is 1. The lowest BCUT2D eigenvalue weighted by Crippen LogP contribution is -2.48. The third-order valence-corrected chi connectivity index (χ3v) is 3.38. The van der Waals surface area contributed by atoms with E-state index < -0.39 is 0 Å². The molecule has 0 spiro atoms. The largest absolute Gasteiger partial charge is 0.313 e. The second kappa shape index (κ2) is 7.88. The highest BCUT2D eigenvalue weighted by molar-refractivity contribution is 5.13. The molecular formula is C17H26N+. The maximum absolute atomic E-state index is 3.93. The van der Waals surface area contributed by atoms with Crippen LogP contribution in [-0.4, -0.2) is 24.1 Å². The molecule has 0 unspecified atom stereocenters. The minimum Gasteiger partial charge on any atom is -0.313 e. The molecule has 1 aromatic rings. The SMILES string of the molecule is C=CC[N+](CC=C)(CCCC)Cc1ccccc1. The van der Waals surface area contributed by atoms with E-state index >= 15 is 0 Å². The van der Waals surface area contributed by atoms with Crippen LogP contribution in [0.3, 0.4) is 0 Å². The molecule has 0 aromatic heterocycles. The van der Waals surface area contributed by atoms with Crippen molar-refractivity contribution in [3.8, 4) is 0 Å². The molecule has 18 heavy (non-hydrogen) atoms. The van der Waals surface area contributed by atoms with Gasteiger partial charge in [-0.05, 0) is 18.6 Å². The molecule has 0 radical (unpaired) electrons. The van der Waals surface area contributed by atoms with Crippen LogP contribution >= 0.6 is 0 Å². The van der Waals surface area contributed by atoms with Crippen LogP contribution in [0, 0.1) is 0 Å². The summed E-state index contributed by atoms with van der Waals surface area (Å²) in [5.41, 5.74) is 1.40. The molecule has 98 valence electrons. The molecule has 0 heterocycles. The Morgan fingerprint density at radius 1 is 1.06 bits per heavy atom. The summed E-state index contributed by atoms with van der Waals surface area (Å²) in [4.78, 5) is 0. The highest BCUT2D eigenvalue weighted by Crippen LogP contribution is 2.17. The molecule has 0 saturated heterocycles. The first-order chi connectivity index (χ1) is 8.76. The second-order valence-electron chi connectivity index (χ2n) is 5.01. The van der Waals surface area contributed by atoms with Gasteiger partial charge in [-0.25, -0.2) is 0 Å². The third-order valence-electron chi connectivity index (χ3n) is 3.38. The van der Waals surface area contributed by atoms with Crippen molar-refractivity contribution in [1.29, 1.82) is 0 Å². The van der Waals surface area contributed by atoms with Crippen LogP contribution in [0.1, 0.15) is 25.3 Å². The molecule has 0 saturated carbocycles. The fourth-order valence-electron chi connectivity index (χ4n) is 2.48. The molecule has 0 aliphatic carbocycles. The van der Waals surface area contributed by atoms with Crippen molar-refractivity contribution in [2.24, 2.45) is 0 Å². The standard InChI is InChI=1S/C17H26N/c1-4-7-15-18(13-5-2,14-6-3)16-17-11-9-8-10-12-17/h5-6,8-12H,2-4,7,13-16H2,1H3/q+1. The molecule has 0 aliphatic rings. The molecule has 0 N–H and O–H groups in total. The van der Waals surface area contributed by atoms with Crippen molar-refractivity contribution in [1.82, 2.24) is 0 Å². The summed E-state index contributed by atoms with van der Waals surface area (Å²) in [6, 6.07) is 10.7. The summed E-state index contributed by atoms with van der Waals surface area (Å²) in [6.07, 6.45) is 6.59. The Balaban J connectivity index is 2.85. The number of nitrogens with zero attached hydrogens (tertiary/aromatic N) is 1. The molecule has 1 rings (SSSR count). The normalized spacial score (nSPS) is 11.2. The average molecular weight is 244 g/mol. The van der Waals surface area contributed by atoms with Crippen molar-refractivity contribution < 1.29 is 4.48 Å². The van der Waals surface area contributed by atoms with Crippen LogP contribution in [-0.2, 0) is 6.54 Å². The first-order valence-electron chi connectivity index (χ1n) is 6.87. The maximum Gasteiger partial charge on any atom is 0.105 e. The predicted octanol–water partition coefficient (Wildman–Crippen LogP) is 4.18. The Morgan fingerprint density at radius 2 is 1.67 bits per heavy atom. The van der Waals surface area contributed by atoms with Gasteiger partial charge in [-0.15, -0.1) is 0 Å². The number of quaternary nitrogens is 1. The van der Waals surface area contributed by atoms with Gasteiger partial charge in [0, 0.05) is 5.56 Å². The van der Waals surface area contributed by atoms with E-state index in [1.165, 1.54) is 24.9 Å². The van der Waals surface area contributed by atoms with E-state index in [0.717, 1.165) is 24.1 Å². The number of hydrogen-bond acceptors (Lipinski definition) is 0. The zero-order chi connectivity index (χ0) is 13.3. The average Bonchev–Trinajstić information content (AvgIpc) is 2.38. The summed E-state index contributed by atoms with van der Waals surface area (Å²) in [6.45, 7) is 14.4. The van der Waals surface area contributed by atoms with Crippen molar-refractivity contribution in [3.05, 3.63) is 61.2 Å². The summed E-state index contributed by atoms with van der Waals surface area (Å²) in [7, 11) is 0. The van der Waals surface area contributed by atoms with Crippen LogP contribution in [0.4, 0.5) is 0 Å². The van der Waals surface area contributed by atoms with E-state index in [-0.39, 0.29) is 0 Å². The highest BCUT2D eigenvalue weighted by Gasteiger charge is 2.24. The Kier molecular flexibility index (Phi) is 6.45. The van der Waals surface area contributed by atoms with Crippen molar-refractivity contribution >= 4 is 0 Å². The summed E-state index contributed by atoms with van der Waals surface area (Å²) in [5, 5.41) is 0. The van der Waals surface area contributed by atoms with Gasteiger partial charge < -0.3 is 4.48 Å². The second-order valence-corrected chi connectivity index (χ2v) is 5.01. The van der Waals surface area contributed by atoms with E-state index in [9.17, 15) is 0 Å². The van der Waals surface area contributed by atoms with Crippen LogP contribution in [0.25, 0.3) is 0 Å². The number of benzene rings is 1. The molecule has 0 bridgehead atoms. The minimum atomic E-state index is 1.01. The Morgan fingerprint density at radius 3 is 2.17 bits per heavy atom. The van der Waals surface area contributed by atoms with Gasteiger partial charge in [0.25, 0.3) is 0 Å². The molecule has 0 aliphatic heterocycles. The fourth-order valence-corrected chi connectivity index (χ4v) is 2.48. The van der Waals surface area contributed by atoms with Gasteiger partial charge in [-0.3, -0.25) is 0 Å². The van der Waals surface area contributed by atoms with Crippen molar-refractivity contribution in [2.75, 3.05) is 19.6 Å². The summed E-state index contributed by atoms with van der Waals surface area (Å²) < 4.78 is 1.05. The zero-order valence-corrected chi connectivity index (χ0v) is 11.6. The lowest BCUT2D eigenvalue weighted by atomic mass is 10.1. The van der Waals surface area contributed by atoms with E-state index in [2.05, 4.69) is 50.4 Å². The first kappa shape index (κ1) is 14.7. The van der Waals surface area contributed by atoms with Gasteiger partial charge in [0.05, 0.1) is 19.6 Å². The molecule has 0 fully saturated rings. The van der Waals surface area contributed by atoms with Gasteiger partial charge >= 0.3 is 0 Å². The molecule has 1 aromatic carbocycles. The molecule has 0 amide bonds. The summed E-state index contributed by atoms with van der Waals surface area (Å²) >= 11 is 0. The lowest BCUT2D eigenvalue weighted by molar-refractivity contribution is -0.930. The number of hydrogen-bond donors (Lipinski definition) is 0. The van der Waals surface area contributed by atoms with Crippen LogP contribution in [0.2, 0.25) is 0 Å². The Bertz CT molecular complexity index is 343. The Labute approximate surface area is 112 Å². The van der Waals surface area contributed by atoms with Gasteiger partial charge in [0.1, 0.15) is 6.54 Å². The smallest absolute Gasteiger partial charge is 0.105 e. The van der Waals surface area contributed by atoms with E-state index in [4.69, 9.17) is 0 Å². The minimum absolute atomic E-state index is 1.01. The van der Waals surface area contributed by atoms with Gasteiger partial charge in [-0.2, -0.15) is 0 Å². The first-order valence-corrected chi connectivity index (χ1v) is 6.87. The third kappa shape index (κ3) is 4.50. The molecule has 1 heteroatoms. The molecule has 1 nitrogen and oxygen atoms in total. The van der Waals surface area contributed by atoms with Crippen LogP contribution < -0.4 is 0 Å². The van der Waals surface area contributed by atoms with Gasteiger partial charge in [0.2, 0.25) is 0 Å². The molecular weight excluding hydrogens is 218 g/mol. The highest BCUT2D eigenvalue weighted by atomic mass is 15.3. The van der Waals surface area contributed by atoms with E-state index in [1.54, 1.807) is 0 Å². The topological polar surface area (TPSA) is 0 Å². The lowest BCUT2D eigenvalue weighted by Gasteiger charge is -2.37. The fraction of sp³-hybridized carbons (Fsp3) is 0.412. The number of rotatable bonds is 9. The van der Waals surface area contributed by atoms with Crippen molar-refractivity contribution in [2.45, 2.75) is 26.3 Å². The van der Waals surface area contributed by atoms with Crippen LogP contribution in [0.5, 0.6) is 0 Å². The van der Waals surface area contributed by atoms with Gasteiger partial charge in [-0.1, -0.05) is 56.8 Å². The molecule has 0 atom stereocenters. The van der Waals surface area contributed by atoms with Crippen molar-refractivity contribution in [3.63, 3.8) is 0 Å². The zero-order valence-electron chi connectivity index (χ0n) is 11.6. The predicted molar refractivity (Wildman–Crippen MR) is 80.3 cm³/mol. The summed E-state index contributed by atoms with van der Waals surface area (Å²) in [5.74, 6) is 0. The van der Waals surface area contributed by atoms with Crippen LogP contribution in [0.15, 0.2) is 55.6 Å². The van der Waals surface area contributed by atoms with E-state index in [0.29, 0.717) is 0 Å². The quantitative estimate of drug-likeness (QED) is 0.451. The monoisotopic (exact) mass is 244 g/mol. The van der Waals surface area contributed by atoms with Gasteiger partial charge in [0.15, 0.2) is 0 Å². The van der Waals surface area contributed by atoms with E-state index in [1.807, 2.05) is 12.2 Å². The maximum atomic E-state index is 3.93. The Hall–Kier alpha value is -1.34.